The number of H-pyrrole nitrogens is 1. The Morgan fingerprint density at radius 3 is 2.43 bits per heavy atom. The predicted octanol–water partition coefficient (Wildman–Crippen LogP) is 1.27. The quantitative estimate of drug-likeness (QED) is 0.894. The number of nitrogens with one attached hydrogen (secondary N) is 1. The Morgan fingerprint density at radius 1 is 1.13 bits per heavy atom. The number of sulfonamides is 1. The molecule has 23 heavy (non-hydrogen) atoms. The lowest BCUT2D eigenvalue weighted by Gasteiger charge is -2.33. The minimum absolute atomic E-state index is 0.384. The largest absolute Gasteiger partial charge is 0.300 e. The molecule has 6 nitrogen and oxygen atoms in total. The van der Waals surface area contributed by atoms with E-state index in [1.165, 1.54) is 5.56 Å². The molecule has 0 atom stereocenters. The average molecular weight is 334 g/mol. The minimum Gasteiger partial charge on any atom is -0.300 e. The number of benzene rings is 1. The number of aromatic nitrogens is 2. The molecule has 1 aliphatic rings. The van der Waals surface area contributed by atoms with E-state index < -0.39 is 10.0 Å². The summed E-state index contributed by atoms with van der Waals surface area (Å²) in [6, 6.07) is 7.06. The van der Waals surface area contributed by atoms with E-state index in [4.69, 9.17) is 0 Å². The standard InChI is InChI=1S/C16H22N4O2S/c1-14-2-4-16(5-3-14)23(21,22)20-10-8-19(9-11-20)7-6-15-12-17-18-13-15/h2-5,12-13H,6-11H2,1H3,(H,17,18). The molecule has 0 amide bonds. The number of hydrogen-bond acceptors (Lipinski definition) is 4. The van der Waals surface area contributed by atoms with E-state index in [0.717, 1.165) is 31.6 Å². The maximum atomic E-state index is 12.6. The zero-order valence-corrected chi connectivity index (χ0v) is 14.1. The van der Waals surface area contributed by atoms with Gasteiger partial charge in [0.05, 0.1) is 11.1 Å². The van der Waals surface area contributed by atoms with Gasteiger partial charge in [0, 0.05) is 38.9 Å². The summed E-state index contributed by atoms with van der Waals surface area (Å²) >= 11 is 0. The zero-order valence-electron chi connectivity index (χ0n) is 13.3. The van der Waals surface area contributed by atoms with Gasteiger partial charge in [0.2, 0.25) is 10.0 Å². The fourth-order valence-electron chi connectivity index (χ4n) is 2.75. The number of aromatic amines is 1. The van der Waals surface area contributed by atoms with Crippen LogP contribution in [0, 0.1) is 6.92 Å². The van der Waals surface area contributed by atoms with Crippen molar-refractivity contribution in [1.82, 2.24) is 19.4 Å². The molecular formula is C16H22N4O2S. The molecule has 0 unspecified atom stereocenters. The van der Waals surface area contributed by atoms with Gasteiger partial charge in [-0.2, -0.15) is 9.40 Å². The topological polar surface area (TPSA) is 69.3 Å². The summed E-state index contributed by atoms with van der Waals surface area (Å²) in [5.74, 6) is 0. The molecule has 0 aliphatic carbocycles. The number of rotatable bonds is 5. The van der Waals surface area contributed by atoms with Gasteiger partial charge in [-0.05, 0) is 31.0 Å². The molecule has 124 valence electrons. The highest BCUT2D eigenvalue weighted by molar-refractivity contribution is 7.89. The third-order valence-electron chi connectivity index (χ3n) is 4.26. The maximum absolute atomic E-state index is 12.6. The van der Waals surface area contributed by atoms with Crippen molar-refractivity contribution < 1.29 is 8.42 Å². The van der Waals surface area contributed by atoms with Gasteiger partial charge in [-0.25, -0.2) is 8.42 Å². The summed E-state index contributed by atoms with van der Waals surface area (Å²) in [6.07, 6.45) is 4.66. The van der Waals surface area contributed by atoms with Crippen LogP contribution in [0.1, 0.15) is 11.1 Å². The summed E-state index contributed by atoms with van der Waals surface area (Å²) in [5.41, 5.74) is 2.24. The molecule has 1 fully saturated rings. The van der Waals surface area contributed by atoms with E-state index in [1.807, 2.05) is 31.5 Å². The number of aryl methyl sites for hydroxylation is 1. The van der Waals surface area contributed by atoms with Crippen LogP contribution < -0.4 is 0 Å². The van der Waals surface area contributed by atoms with Gasteiger partial charge in [-0.3, -0.25) is 5.10 Å². The van der Waals surface area contributed by atoms with Crippen LogP contribution >= 0.6 is 0 Å². The van der Waals surface area contributed by atoms with E-state index in [0.29, 0.717) is 18.0 Å². The molecule has 1 aromatic heterocycles. The molecule has 0 spiro atoms. The Labute approximate surface area is 137 Å². The third kappa shape index (κ3) is 3.80. The number of hydrogen-bond donors (Lipinski definition) is 1. The number of nitrogens with zero attached hydrogens (tertiary/aromatic N) is 3. The highest BCUT2D eigenvalue weighted by Gasteiger charge is 2.28. The minimum atomic E-state index is -3.37. The van der Waals surface area contributed by atoms with Crippen LogP contribution in [-0.4, -0.2) is 60.5 Å². The van der Waals surface area contributed by atoms with Crippen molar-refractivity contribution in [2.75, 3.05) is 32.7 Å². The highest BCUT2D eigenvalue weighted by atomic mass is 32.2. The Bertz CT molecular complexity index is 718. The molecule has 0 bridgehead atoms. The van der Waals surface area contributed by atoms with Crippen molar-refractivity contribution in [3.05, 3.63) is 47.8 Å². The predicted molar refractivity (Wildman–Crippen MR) is 88.7 cm³/mol. The van der Waals surface area contributed by atoms with E-state index >= 15 is 0 Å². The second kappa shape index (κ2) is 6.82. The highest BCUT2D eigenvalue weighted by Crippen LogP contribution is 2.18. The Kier molecular flexibility index (Phi) is 4.79. The lowest BCUT2D eigenvalue weighted by atomic mass is 10.2. The van der Waals surface area contributed by atoms with E-state index in [2.05, 4.69) is 15.1 Å². The second-order valence-corrected chi connectivity index (χ2v) is 7.85. The van der Waals surface area contributed by atoms with E-state index in [-0.39, 0.29) is 0 Å². The molecule has 1 aromatic carbocycles. The SMILES string of the molecule is Cc1ccc(S(=O)(=O)N2CCN(CCc3cn[nH]c3)CC2)cc1. The van der Waals surface area contributed by atoms with Crippen LogP contribution in [0.2, 0.25) is 0 Å². The first kappa shape index (κ1) is 16.2. The first-order chi connectivity index (χ1) is 11.1. The maximum Gasteiger partial charge on any atom is 0.243 e. The summed E-state index contributed by atoms with van der Waals surface area (Å²) < 4.78 is 26.9. The van der Waals surface area contributed by atoms with Crippen molar-refractivity contribution in [2.24, 2.45) is 0 Å². The van der Waals surface area contributed by atoms with Crippen LogP contribution in [0.3, 0.4) is 0 Å². The molecule has 1 saturated heterocycles. The molecule has 1 aliphatic heterocycles. The van der Waals surface area contributed by atoms with Crippen LogP contribution in [0.4, 0.5) is 0 Å². The van der Waals surface area contributed by atoms with Gasteiger partial charge < -0.3 is 4.90 Å². The molecule has 0 saturated carbocycles. The van der Waals surface area contributed by atoms with Gasteiger partial charge >= 0.3 is 0 Å². The second-order valence-electron chi connectivity index (χ2n) is 5.92. The fourth-order valence-corrected chi connectivity index (χ4v) is 4.18. The zero-order chi connectivity index (χ0) is 16.3. The molecule has 1 N–H and O–H groups in total. The Balaban J connectivity index is 1.56. The smallest absolute Gasteiger partial charge is 0.243 e. The normalized spacial score (nSPS) is 17.4. The average Bonchev–Trinajstić information content (AvgIpc) is 3.07. The van der Waals surface area contributed by atoms with Crippen molar-refractivity contribution in [1.29, 1.82) is 0 Å². The monoisotopic (exact) mass is 334 g/mol. The van der Waals surface area contributed by atoms with Gasteiger partial charge in [-0.1, -0.05) is 17.7 Å². The fraction of sp³-hybridized carbons (Fsp3) is 0.438. The number of piperazine rings is 1. The van der Waals surface area contributed by atoms with Gasteiger partial charge in [0.15, 0.2) is 0 Å². The van der Waals surface area contributed by atoms with Crippen LogP contribution in [0.25, 0.3) is 0 Å². The van der Waals surface area contributed by atoms with E-state index in [9.17, 15) is 8.42 Å². The van der Waals surface area contributed by atoms with Crippen LogP contribution in [0.15, 0.2) is 41.6 Å². The summed E-state index contributed by atoms with van der Waals surface area (Å²) in [4.78, 5) is 2.68. The Morgan fingerprint density at radius 2 is 1.83 bits per heavy atom. The van der Waals surface area contributed by atoms with Gasteiger partial charge in [0.25, 0.3) is 0 Å². The van der Waals surface area contributed by atoms with Crippen LogP contribution in [0.5, 0.6) is 0 Å². The Hall–Kier alpha value is -1.70. The summed E-state index contributed by atoms with van der Waals surface area (Å²) in [6.45, 7) is 5.50. The lowest BCUT2D eigenvalue weighted by Crippen LogP contribution is -2.48. The van der Waals surface area contributed by atoms with Crippen molar-refractivity contribution >= 4 is 10.0 Å². The lowest BCUT2D eigenvalue weighted by molar-refractivity contribution is 0.190. The molecular weight excluding hydrogens is 312 g/mol. The van der Waals surface area contributed by atoms with Crippen molar-refractivity contribution in [3.8, 4) is 0 Å². The molecule has 3 rings (SSSR count). The van der Waals surface area contributed by atoms with Gasteiger partial charge in [0.1, 0.15) is 0 Å². The van der Waals surface area contributed by atoms with Gasteiger partial charge in [-0.15, -0.1) is 0 Å². The first-order valence-electron chi connectivity index (χ1n) is 7.82. The van der Waals surface area contributed by atoms with Crippen molar-refractivity contribution in [3.63, 3.8) is 0 Å². The first-order valence-corrected chi connectivity index (χ1v) is 9.26. The summed E-state index contributed by atoms with van der Waals surface area (Å²) in [7, 11) is -3.37. The summed E-state index contributed by atoms with van der Waals surface area (Å²) in [5, 5.41) is 6.75. The van der Waals surface area contributed by atoms with Crippen molar-refractivity contribution in [2.45, 2.75) is 18.2 Å². The molecule has 2 heterocycles. The molecule has 0 radical (unpaired) electrons. The van der Waals surface area contributed by atoms with Crippen LogP contribution in [-0.2, 0) is 16.4 Å². The third-order valence-corrected chi connectivity index (χ3v) is 6.17. The molecule has 7 heteroatoms. The van der Waals surface area contributed by atoms with E-state index in [1.54, 1.807) is 16.4 Å². The molecule has 2 aromatic rings.